The lowest BCUT2D eigenvalue weighted by atomic mass is 9.90. The van der Waals surface area contributed by atoms with Gasteiger partial charge in [0.25, 0.3) is 0 Å². The Morgan fingerprint density at radius 3 is 2.19 bits per heavy atom. The largest absolute Gasteiger partial charge is 0.508 e. The third-order valence-electron chi connectivity index (χ3n) is 4.77. The Labute approximate surface area is 156 Å². The standard InChI is InChI=1S/C20H23FO6/c1-2-13-14(7-19-26-17(9-22)18(10-23)27-19)20(16(25)8-15(13)24)11-4-3-5-12(21)6-11/h3-6,8,17-19,22-25H,2,7,9-10H2,1H3/t17-,18-/m0/s1. The zero-order chi connectivity index (χ0) is 19.6. The normalized spacial score (nSPS) is 20.3. The number of hydrogen-bond acceptors (Lipinski definition) is 6. The molecule has 6 nitrogen and oxygen atoms in total. The molecule has 1 fully saturated rings. The van der Waals surface area contributed by atoms with Gasteiger partial charge in [-0.3, -0.25) is 0 Å². The number of halogens is 1. The predicted molar refractivity (Wildman–Crippen MR) is 96.0 cm³/mol. The maximum atomic E-state index is 13.7. The molecule has 0 spiro atoms. The predicted octanol–water partition coefficient (Wildman–Crippen LogP) is 2.10. The van der Waals surface area contributed by atoms with Crippen molar-refractivity contribution in [1.82, 2.24) is 0 Å². The number of benzene rings is 2. The van der Waals surface area contributed by atoms with Crippen molar-refractivity contribution in [2.24, 2.45) is 0 Å². The van der Waals surface area contributed by atoms with E-state index in [1.165, 1.54) is 18.2 Å². The number of phenols is 2. The molecule has 3 rings (SSSR count). The molecule has 1 heterocycles. The molecule has 1 saturated heterocycles. The lowest BCUT2D eigenvalue weighted by molar-refractivity contribution is -0.0725. The van der Waals surface area contributed by atoms with E-state index in [4.69, 9.17) is 9.47 Å². The number of phenolic OH excluding ortho intramolecular Hbond substituents is 2. The van der Waals surface area contributed by atoms with Crippen molar-refractivity contribution in [2.45, 2.75) is 38.3 Å². The van der Waals surface area contributed by atoms with Gasteiger partial charge in [0.05, 0.1) is 13.2 Å². The van der Waals surface area contributed by atoms with Crippen LogP contribution in [0.2, 0.25) is 0 Å². The summed E-state index contributed by atoms with van der Waals surface area (Å²) in [6.45, 7) is 1.25. The highest BCUT2D eigenvalue weighted by Gasteiger charge is 2.36. The second-order valence-electron chi connectivity index (χ2n) is 6.46. The molecule has 0 aliphatic carbocycles. The van der Waals surface area contributed by atoms with E-state index in [2.05, 4.69) is 0 Å². The molecule has 2 aromatic rings. The summed E-state index contributed by atoms with van der Waals surface area (Å²) in [5, 5.41) is 39.5. The average Bonchev–Trinajstić information content (AvgIpc) is 3.04. The number of aliphatic hydroxyl groups excluding tert-OH is 2. The Bertz CT molecular complexity index is 797. The van der Waals surface area contributed by atoms with Crippen LogP contribution in [0.4, 0.5) is 4.39 Å². The van der Waals surface area contributed by atoms with Gasteiger partial charge in [-0.1, -0.05) is 19.1 Å². The summed E-state index contributed by atoms with van der Waals surface area (Å²) in [6, 6.07) is 7.06. The van der Waals surface area contributed by atoms with Crippen LogP contribution >= 0.6 is 0 Å². The lowest BCUT2D eigenvalue weighted by Crippen LogP contribution is -2.29. The maximum absolute atomic E-state index is 13.7. The van der Waals surface area contributed by atoms with Crippen LogP contribution in [-0.4, -0.2) is 52.1 Å². The molecule has 146 valence electrons. The highest BCUT2D eigenvalue weighted by Crippen LogP contribution is 2.41. The molecule has 7 heteroatoms. The SMILES string of the molecule is CCc1c(O)cc(O)c(-c2cccc(F)c2)c1CC1O[C@@H](CO)[C@H](CO)O1. The van der Waals surface area contributed by atoms with Gasteiger partial charge < -0.3 is 29.9 Å². The fraction of sp³-hybridized carbons (Fsp3) is 0.400. The molecule has 0 bridgehead atoms. The fourth-order valence-electron chi connectivity index (χ4n) is 3.52. The first kappa shape index (κ1) is 19.6. The van der Waals surface area contributed by atoms with E-state index < -0.39 is 24.3 Å². The van der Waals surface area contributed by atoms with Crippen LogP contribution in [0.3, 0.4) is 0 Å². The quantitative estimate of drug-likeness (QED) is 0.614. The first-order valence-corrected chi connectivity index (χ1v) is 8.83. The molecule has 27 heavy (non-hydrogen) atoms. The molecule has 4 N–H and O–H groups in total. The summed E-state index contributed by atoms with van der Waals surface area (Å²) in [5.74, 6) is -0.695. The van der Waals surface area contributed by atoms with E-state index in [1.54, 1.807) is 12.1 Å². The van der Waals surface area contributed by atoms with E-state index in [0.29, 0.717) is 28.7 Å². The monoisotopic (exact) mass is 378 g/mol. The molecule has 0 aromatic heterocycles. The summed E-state index contributed by atoms with van der Waals surface area (Å²) in [4.78, 5) is 0. The fourth-order valence-corrected chi connectivity index (χ4v) is 3.52. The Hall–Kier alpha value is -2.19. The molecular weight excluding hydrogens is 355 g/mol. The molecule has 0 saturated carbocycles. The number of aliphatic hydroxyl groups is 2. The van der Waals surface area contributed by atoms with Gasteiger partial charge in [-0.25, -0.2) is 4.39 Å². The summed E-state index contributed by atoms with van der Waals surface area (Å²) in [7, 11) is 0. The van der Waals surface area contributed by atoms with Crippen LogP contribution in [0, 0.1) is 5.82 Å². The molecule has 0 radical (unpaired) electrons. The second kappa shape index (κ2) is 8.22. The van der Waals surface area contributed by atoms with Crippen LogP contribution < -0.4 is 0 Å². The van der Waals surface area contributed by atoms with Crippen LogP contribution in [0.5, 0.6) is 11.5 Å². The molecule has 1 aliphatic rings. The highest BCUT2D eigenvalue weighted by atomic mass is 19.1. The van der Waals surface area contributed by atoms with Crippen LogP contribution in [0.25, 0.3) is 11.1 Å². The highest BCUT2D eigenvalue weighted by molar-refractivity contribution is 5.77. The van der Waals surface area contributed by atoms with Crippen molar-refractivity contribution in [3.8, 4) is 22.6 Å². The van der Waals surface area contributed by atoms with E-state index in [-0.39, 0.29) is 31.1 Å². The van der Waals surface area contributed by atoms with Crippen molar-refractivity contribution < 1.29 is 34.3 Å². The van der Waals surface area contributed by atoms with Gasteiger partial charge in [-0.15, -0.1) is 0 Å². The van der Waals surface area contributed by atoms with Gasteiger partial charge in [0, 0.05) is 18.1 Å². The van der Waals surface area contributed by atoms with Crippen molar-refractivity contribution in [2.75, 3.05) is 13.2 Å². The molecule has 0 amide bonds. The molecular formula is C20H23FO6. The Kier molecular flexibility index (Phi) is 5.96. The first-order chi connectivity index (χ1) is 13.0. The van der Waals surface area contributed by atoms with E-state index >= 15 is 0 Å². The zero-order valence-corrected chi connectivity index (χ0v) is 14.9. The van der Waals surface area contributed by atoms with Gasteiger partial charge in [0.15, 0.2) is 6.29 Å². The summed E-state index contributed by atoms with van der Waals surface area (Å²) >= 11 is 0. The molecule has 2 atom stereocenters. The number of ether oxygens (including phenoxy) is 2. The lowest BCUT2D eigenvalue weighted by Gasteiger charge is -2.20. The topological polar surface area (TPSA) is 99.4 Å². The van der Waals surface area contributed by atoms with Crippen molar-refractivity contribution in [3.05, 3.63) is 47.3 Å². The minimum absolute atomic E-state index is 0.0689. The maximum Gasteiger partial charge on any atom is 0.162 e. The molecule has 0 unspecified atom stereocenters. The van der Waals surface area contributed by atoms with Gasteiger partial charge in [-0.05, 0) is 35.2 Å². The third-order valence-corrected chi connectivity index (χ3v) is 4.77. The van der Waals surface area contributed by atoms with E-state index in [1.807, 2.05) is 6.92 Å². The Balaban J connectivity index is 2.05. The Morgan fingerprint density at radius 2 is 1.63 bits per heavy atom. The summed E-state index contributed by atoms with van der Waals surface area (Å²) in [6.07, 6.45) is -1.46. The van der Waals surface area contributed by atoms with Gasteiger partial charge in [-0.2, -0.15) is 0 Å². The van der Waals surface area contributed by atoms with Crippen molar-refractivity contribution in [1.29, 1.82) is 0 Å². The van der Waals surface area contributed by atoms with Crippen molar-refractivity contribution >= 4 is 0 Å². The van der Waals surface area contributed by atoms with E-state index in [9.17, 15) is 24.8 Å². The average molecular weight is 378 g/mol. The number of rotatable bonds is 6. The third kappa shape index (κ3) is 3.91. The van der Waals surface area contributed by atoms with Crippen LogP contribution in [0.15, 0.2) is 30.3 Å². The van der Waals surface area contributed by atoms with Gasteiger partial charge >= 0.3 is 0 Å². The van der Waals surface area contributed by atoms with E-state index in [0.717, 1.165) is 0 Å². The number of aromatic hydroxyl groups is 2. The molecule has 2 aromatic carbocycles. The van der Waals surface area contributed by atoms with Crippen molar-refractivity contribution in [3.63, 3.8) is 0 Å². The number of hydrogen-bond donors (Lipinski definition) is 4. The summed E-state index contributed by atoms with van der Waals surface area (Å²) < 4.78 is 25.0. The second-order valence-corrected chi connectivity index (χ2v) is 6.46. The van der Waals surface area contributed by atoms with Gasteiger partial charge in [0.2, 0.25) is 0 Å². The summed E-state index contributed by atoms with van der Waals surface area (Å²) in [5.41, 5.74) is 2.02. The smallest absolute Gasteiger partial charge is 0.162 e. The molecule has 1 aliphatic heterocycles. The van der Waals surface area contributed by atoms with Gasteiger partial charge in [0.1, 0.15) is 29.5 Å². The zero-order valence-electron chi connectivity index (χ0n) is 14.9. The first-order valence-electron chi connectivity index (χ1n) is 8.83. The minimum Gasteiger partial charge on any atom is -0.508 e. The van der Waals surface area contributed by atoms with Crippen LogP contribution in [-0.2, 0) is 22.3 Å². The minimum atomic E-state index is -0.780. The Morgan fingerprint density at radius 1 is 0.963 bits per heavy atom. The van der Waals surface area contributed by atoms with Crippen LogP contribution in [0.1, 0.15) is 18.1 Å².